The van der Waals surface area contributed by atoms with Crippen molar-refractivity contribution >= 4 is 22.8 Å². The van der Waals surface area contributed by atoms with Crippen LogP contribution in [0.15, 0.2) is 42.5 Å². The van der Waals surface area contributed by atoms with E-state index >= 15 is 0 Å². The van der Waals surface area contributed by atoms with Crippen LogP contribution in [-0.2, 0) is 6.42 Å². The number of aromatic nitrogens is 1. The number of rotatable bonds is 5. The molecule has 0 saturated heterocycles. The number of benzene rings is 2. The second-order valence-corrected chi connectivity index (χ2v) is 5.93. The summed E-state index contributed by atoms with van der Waals surface area (Å²) in [5, 5.41) is 18.3. The van der Waals surface area contributed by atoms with Gasteiger partial charge in [0.2, 0.25) is 0 Å². The number of Topliss-reactive ketones (excluding diaryl/α,β-unsaturated/α-hetero) is 1. The van der Waals surface area contributed by atoms with Gasteiger partial charge in [-0.25, -0.2) is 4.79 Å². The second-order valence-electron chi connectivity index (χ2n) is 5.93. The normalized spacial score (nSPS) is 10.5. The number of aromatic amines is 1. The fourth-order valence-electron chi connectivity index (χ4n) is 2.96. The van der Waals surface area contributed by atoms with Crippen molar-refractivity contribution in [3.05, 3.63) is 64.8 Å². The van der Waals surface area contributed by atoms with Crippen molar-refractivity contribution in [2.45, 2.75) is 19.8 Å². The number of hydrogen-bond donors (Lipinski definition) is 2. The summed E-state index contributed by atoms with van der Waals surface area (Å²) in [6, 6.07) is 14.0. The maximum Gasteiger partial charge on any atom is 0.511 e. The first kappa shape index (κ1) is 17.2. The van der Waals surface area contributed by atoms with Gasteiger partial charge in [0.25, 0.3) is 0 Å². The molecular formula is C20H16N2O4. The molecule has 0 saturated carbocycles. The molecule has 6 heteroatoms. The van der Waals surface area contributed by atoms with Crippen LogP contribution in [0.4, 0.5) is 4.79 Å². The van der Waals surface area contributed by atoms with Gasteiger partial charge in [0.05, 0.1) is 17.1 Å². The molecule has 0 radical (unpaired) electrons. The highest BCUT2D eigenvalue weighted by Gasteiger charge is 2.17. The monoisotopic (exact) mass is 348 g/mol. The van der Waals surface area contributed by atoms with E-state index in [0.717, 1.165) is 16.6 Å². The zero-order valence-corrected chi connectivity index (χ0v) is 14.1. The number of carbonyl (C=O) groups excluding carboxylic acids is 1. The fraction of sp³-hybridized carbons (Fsp3) is 0.150. The number of H-pyrrole nitrogens is 1. The highest BCUT2D eigenvalue weighted by atomic mass is 16.7. The minimum Gasteiger partial charge on any atom is -0.449 e. The smallest absolute Gasteiger partial charge is 0.449 e. The molecular weight excluding hydrogens is 332 g/mol. The number of ketones is 1. The number of nitrogens with zero attached hydrogens (tertiary/aromatic N) is 1. The van der Waals surface area contributed by atoms with Crippen LogP contribution in [0.1, 0.15) is 33.6 Å². The molecule has 0 atom stereocenters. The number of ether oxygens (including phenoxy) is 1. The summed E-state index contributed by atoms with van der Waals surface area (Å²) in [5.74, 6) is 0.202. The molecule has 0 bridgehead atoms. The molecule has 0 fully saturated rings. The molecule has 1 heterocycles. The number of hydrogen-bond acceptors (Lipinski definition) is 4. The van der Waals surface area contributed by atoms with Gasteiger partial charge in [-0.15, -0.1) is 0 Å². The molecule has 3 rings (SSSR count). The van der Waals surface area contributed by atoms with E-state index in [1.54, 1.807) is 24.3 Å². The fourth-order valence-corrected chi connectivity index (χ4v) is 2.96. The Bertz CT molecular complexity index is 1030. The molecule has 0 unspecified atom stereocenters. The van der Waals surface area contributed by atoms with Gasteiger partial charge in [-0.1, -0.05) is 12.1 Å². The molecule has 1 aromatic heterocycles. The Labute approximate surface area is 149 Å². The van der Waals surface area contributed by atoms with Crippen molar-refractivity contribution < 1.29 is 19.4 Å². The highest BCUT2D eigenvalue weighted by molar-refractivity contribution is 6.09. The summed E-state index contributed by atoms with van der Waals surface area (Å²) in [5.41, 5.74) is 3.58. The quantitative estimate of drug-likeness (QED) is 0.408. The minimum absolute atomic E-state index is 0.00464. The molecule has 2 aromatic carbocycles. The summed E-state index contributed by atoms with van der Waals surface area (Å²) in [7, 11) is 0. The van der Waals surface area contributed by atoms with Crippen molar-refractivity contribution in [1.82, 2.24) is 4.98 Å². The van der Waals surface area contributed by atoms with Gasteiger partial charge in [-0.2, -0.15) is 5.26 Å². The van der Waals surface area contributed by atoms with Crippen LogP contribution in [0.3, 0.4) is 0 Å². The lowest BCUT2D eigenvalue weighted by molar-refractivity contribution is 0.0983. The zero-order chi connectivity index (χ0) is 18.7. The average molecular weight is 348 g/mol. The predicted molar refractivity (Wildman–Crippen MR) is 95.5 cm³/mol. The van der Waals surface area contributed by atoms with E-state index in [-0.39, 0.29) is 11.5 Å². The van der Waals surface area contributed by atoms with Gasteiger partial charge >= 0.3 is 6.16 Å². The van der Waals surface area contributed by atoms with Crippen LogP contribution < -0.4 is 4.74 Å². The summed E-state index contributed by atoms with van der Waals surface area (Å²) in [6.45, 7) is 1.81. The van der Waals surface area contributed by atoms with E-state index in [0.29, 0.717) is 29.5 Å². The predicted octanol–water partition coefficient (Wildman–Crippen LogP) is 4.22. The number of nitrogens with one attached hydrogen (secondary N) is 1. The molecule has 0 spiro atoms. The Morgan fingerprint density at radius 3 is 2.58 bits per heavy atom. The van der Waals surface area contributed by atoms with E-state index < -0.39 is 6.16 Å². The van der Waals surface area contributed by atoms with E-state index in [9.17, 15) is 9.59 Å². The lowest BCUT2D eigenvalue weighted by Crippen LogP contribution is -2.03. The van der Waals surface area contributed by atoms with Crippen molar-refractivity contribution in [2.75, 3.05) is 0 Å². The second kappa shape index (κ2) is 7.11. The maximum atomic E-state index is 12.7. The van der Waals surface area contributed by atoms with Crippen LogP contribution in [0, 0.1) is 18.3 Å². The van der Waals surface area contributed by atoms with E-state index in [4.69, 9.17) is 10.4 Å². The third-order valence-corrected chi connectivity index (χ3v) is 4.17. The Kier molecular flexibility index (Phi) is 4.72. The topological polar surface area (TPSA) is 103 Å². The standard InChI is InChI=1S/C20H16N2O4/c1-12-19(16-8-7-15(26-20(24)25)10-17(16)22-12)18(23)9-6-13-2-4-14(11-21)5-3-13/h2-5,7-8,10,22H,6,9H2,1H3,(H,24,25). The Morgan fingerprint density at radius 1 is 1.19 bits per heavy atom. The third kappa shape index (κ3) is 3.57. The van der Waals surface area contributed by atoms with Gasteiger partial charge in [-0.05, 0) is 43.2 Å². The van der Waals surface area contributed by atoms with Crippen LogP contribution in [0.25, 0.3) is 10.9 Å². The number of aryl methyl sites for hydroxylation is 2. The summed E-state index contributed by atoms with van der Waals surface area (Å²) < 4.78 is 4.64. The van der Waals surface area contributed by atoms with Crippen molar-refractivity contribution in [2.24, 2.45) is 0 Å². The van der Waals surface area contributed by atoms with Gasteiger partial charge < -0.3 is 14.8 Å². The van der Waals surface area contributed by atoms with Crippen LogP contribution in [-0.4, -0.2) is 22.0 Å². The summed E-state index contributed by atoms with van der Waals surface area (Å²) in [4.78, 5) is 26.4. The van der Waals surface area contributed by atoms with Crippen molar-refractivity contribution in [3.8, 4) is 11.8 Å². The van der Waals surface area contributed by atoms with Crippen LogP contribution >= 0.6 is 0 Å². The average Bonchev–Trinajstić information content (AvgIpc) is 2.94. The first-order valence-electron chi connectivity index (χ1n) is 8.03. The van der Waals surface area contributed by atoms with Gasteiger partial charge in [0.1, 0.15) is 5.75 Å². The van der Waals surface area contributed by atoms with Crippen molar-refractivity contribution in [1.29, 1.82) is 5.26 Å². The molecule has 6 nitrogen and oxygen atoms in total. The summed E-state index contributed by atoms with van der Waals surface area (Å²) in [6.07, 6.45) is -0.462. The van der Waals surface area contributed by atoms with Gasteiger partial charge in [0, 0.05) is 29.1 Å². The number of nitriles is 1. The van der Waals surface area contributed by atoms with Gasteiger partial charge in [0.15, 0.2) is 5.78 Å². The highest BCUT2D eigenvalue weighted by Crippen LogP contribution is 2.27. The first-order valence-corrected chi connectivity index (χ1v) is 8.03. The van der Waals surface area contributed by atoms with Crippen LogP contribution in [0.5, 0.6) is 5.75 Å². The zero-order valence-electron chi connectivity index (χ0n) is 14.1. The molecule has 3 aromatic rings. The van der Waals surface area contributed by atoms with Crippen molar-refractivity contribution in [3.63, 3.8) is 0 Å². The number of fused-ring (bicyclic) bond motifs is 1. The van der Waals surface area contributed by atoms with Gasteiger partial charge in [-0.3, -0.25) is 4.79 Å². The first-order chi connectivity index (χ1) is 12.5. The summed E-state index contributed by atoms with van der Waals surface area (Å²) >= 11 is 0. The molecule has 0 aliphatic carbocycles. The third-order valence-electron chi connectivity index (χ3n) is 4.17. The lowest BCUT2D eigenvalue weighted by Gasteiger charge is -2.03. The minimum atomic E-state index is -1.38. The molecule has 0 aliphatic heterocycles. The Balaban J connectivity index is 1.80. The van der Waals surface area contributed by atoms with Crippen LogP contribution in [0.2, 0.25) is 0 Å². The Hall–Kier alpha value is -3.59. The SMILES string of the molecule is Cc1[nH]c2cc(OC(=O)O)ccc2c1C(=O)CCc1ccc(C#N)cc1. The van der Waals surface area contributed by atoms with E-state index in [1.807, 2.05) is 19.1 Å². The molecule has 2 N–H and O–H groups in total. The largest absolute Gasteiger partial charge is 0.511 e. The Morgan fingerprint density at radius 2 is 1.92 bits per heavy atom. The van der Waals surface area contributed by atoms with E-state index in [2.05, 4.69) is 15.8 Å². The lowest BCUT2D eigenvalue weighted by atomic mass is 10.00. The van der Waals surface area contributed by atoms with E-state index in [1.165, 1.54) is 6.07 Å². The molecule has 0 aliphatic rings. The molecule has 26 heavy (non-hydrogen) atoms. The molecule has 130 valence electrons. The number of carbonyl (C=O) groups is 2. The molecule has 0 amide bonds. The maximum absolute atomic E-state index is 12.7. The number of carboxylic acid groups (broad SMARTS) is 1.